The molecule has 1 aromatic rings. The van der Waals surface area contributed by atoms with Crippen molar-refractivity contribution in [2.45, 2.75) is 52.0 Å². The van der Waals surface area contributed by atoms with Gasteiger partial charge in [-0.15, -0.1) is 0 Å². The van der Waals surface area contributed by atoms with Crippen LogP contribution in [0.25, 0.3) is 0 Å². The molecule has 0 heterocycles. The van der Waals surface area contributed by atoms with Crippen molar-refractivity contribution < 1.29 is 24.2 Å². The molecule has 0 bridgehead atoms. The molecule has 24 heavy (non-hydrogen) atoms. The Bertz CT molecular complexity index is 578. The van der Waals surface area contributed by atoms with E-state index in [-0.39, 0.29) is 31.0 Å². The first kappa shape index (κ1) is 19.7. The van der Waals surface area contributed by atoms with Gasteiger partial charge in [0.05, 0.1) is 6.61 Å². The highest BCUT2D eigenvalue weighted by atomic mass is 16.5. The number of carbonyl (C=O) groups is 3. The molecule has 0 aliphatic carbocycles. The van der Waals surface area contributed by atoms with Crippen LogP contribution in [0, 0.1) is 0 Å². The number of Topliss-reactive ketones (excluding diaryl/α,β-unsaturated/α-hetero) is 1. The summed E-state index contributed by atoms with van der Waals surface area (Å²) < 4.78 is 5.32. The van der Waals surface area contributed by atoms with Crippen molar-refractivity contribution in [2.75, 3.05) is 6.61 Å². The lowest BCUT2D eigenvalue weighted by Gasteiger charge is -2.25. The summed E-state index contributed by atoms with van der Waals surface area (Å²) in [6, 6.07) is 6.82. The van der Waals surface area contributed by atoms with Gasteiger partial charge in [0.2, 0.25) is 5.91 Å². The number of carbonyl (C=O) groups excluding carboxylic acids is 2. The van der Waals surface area contributed by atoms with E-state index in [9.17, 15) is 14.4 Å². The van der Waals surface area contributed by atoms with Gasteiger partial charge in [0.25, 0.3) is 0 Å². The van der Waals surface area contributed by atoms with Crippen molar-refractivity contribution in [1.29, 1.82) is 0 Å². The molecule has 2 N–H and O–H groups in total. The van der Waals surface area contributed by atoms with E-state index in [0.717, 1.165) is 0 Å². The molecule has 0 saturated carbocycles. The maximum atomic E-state index is 12.1. The van der Waals surface area contributed by atoms with E-state index in [1.165, 1.54) is 0 Å². The third-order valence-electron chi connectivity index (χ3n) is 3.51. The van der Waals surface area contributed by atoms with E-state index in [4.69, 9.17) is 9.84 Å². The summed E-state index contributed by atoms with van der Waals surface area (Å²) in [6.45, 7) is 5.98. The highest BCUT2D eigenvalue weighted by molar-refractivity contribution is 5.98. The monoisotopic (exact) mass is 335 g/mol. The van der Waals surface area contributed by atoms with Crippen LogP contribution in [0.4, 0.5) is 0 Å². The fraction of sp³-hybridized carbons (Fsp3) is 0.500. The molecular formula is C18H25NO5. The number of hydrogen-bond acceptors (Lipinski definition) is 4. The van der Waals surface area contributed by atoms with E-state index < -0.39 is 11.5 Å². The van der Waals surface area contributed by atoms with Gasteiger partial charge >= 0.3 is 5.97 Å². The van der Waals surface area contributed by atoms with E-state index in [1.807, 2.05) is 6.92 Å². The Kier molecular flexibility index (Phi) is 7.42. The van der Waals surface area contributed by atoms with Crippen molar-refractivity contribution in [3.05, 3.63) is 29.8 Å². The van der Waals surface area contributed by atoms with Gasteiger partial charge in [-0.2, -0.15) is 0 Å². The Morgan fingerprint density at radius 1 is 1.08 bits per heavy atom. The first-order chi connectivity index (χ1) is 11.2. The number of amides is 1. The van der Waals surface area contributed by atoms with Gasteiger partial charge in [-0.05, 0) is 51.5 Å². The minimum atomic E-state index is -0.900. The number of aliphatic carboxylic acids is 1. The molecular weight excluding hydrogens is 310 g/mol. The van der Waals surface area contributed by atoms with Gasteiger partial charge in [-0.3, -0.25) is 14.4 Å². The molecule has 0 spiro atoms. The summed E-state index contributed by atoms with van der Waals surface area (Å²) in [7, 11) is 0. The Morgan fingerprint density at radius 2 is 1.71 bits per heavy atom. The quantitative estimate of drug-likeness (QED) is 0.641. The molecule has 6 nitrogen and oxygen atoms in total. The third kappa shape index (κ3) is 7.26. The zero-order valence-corrected chi connectivity index (χ0v) is 14.4. The summed E-state index contributed by atoms with van der Waals surface area (Å²) in [5.41, 5.74) is -0.0751. The van der Waals surface area contributed by atoms with Crippen LogP contribution < -0.4 is 10.1 Å². The van der Waals surface area contributed by atoms with Crippen molar-refractivity contribution in [3.8, 4) is 5.75 Å². The SMILES string of the molecule is CCOc1ccc(C(=O)CCC(=O)NC(C)(C)CCC(=O)O)cc1. The number of benzene rings is 1. The van der Waals surface area contributed by atoms with Crippen LogP contribution in [0.3, 0.4) is 0 Å². The Balaban J connectivity index is 2.45. The summed E-state index contributed by atoms with van der Waals surface area (Å²) in [5, 5.41) is 11.5. The molecule has 0 aliphatic heterocycles. The fourth-order valence-corrected chi connectivity index (χ4v) is 2.20. The van der Waals surface area contributed by atoms with Crippen LogP contribution in [-0.4, -0.2) is 34.9 Å². The molecule has 0 fully saturated rings. The molecule has 1 amide bonds. The first-order valence-electron chi connectivity index (χ1n) is 8.02. The number of carboxylic acid groups (broad SMARTS) is 1. The molecule has 0 aromatic heterocycles. The number of rotatable bonds is 10. The zero-order chi connectivity index (χ0) is 18.2. The number of hydrogen-bond donors (Lipinski definition) is 2. The minimum absolute atomic E-state index is 0.0155. The van der Waals surface area contributed by atoms with Crippen molar-refractivity contribution >= 4 is 17.7 Å². The lowest BCUT2D eigenvalue weighted by atomic mass is 9.97. The normalized spacial score (nSPS) is 11.0. The zero-order valence-electron chi connectivity index (χ0n) is 14.4. The van der Waals surface area contributed by atoms with Crippen LogP contribution in [0.2, 0.25) is 0 Å². The first-order valence-corrected chi connectivity index (χ1v) is 8.02. The lowest BCUT2D eigenvalue weighted by Crippen LogP contribution is -2.43. The van der Waals surface area contributed by atoms with Crippen molar-refractivity contribution in [3.63, 3.8) is 0 Å². The Morgan fingerprint density at radius 3 is 2.25 bits per heavy atom. The highest BCUT2D eigenvalue weighted by Crippen LogP contribution is 2.15. The highest BCUT2D eigenvalue weighted by Gasteiger charge is 2.21. The van der Waals surface area contributed by atoms with Crippen molar-refractivity contribution in [2.24, 2.45) is 0 Å². The van der Waals surface area contributed by atoms with Crippen LogP contribution >= 0.6 is 0 Å². The van der Waals surface area contributed by atoms with Gasteiger partial charge in [0, 0.05) is 30.4 Å². The van der Waals surface area contributed by atoms with Crippen LogP contribution in [-0.2, 0) is 9.59 Å². The summed E-state index contributed by atoms with van der Waals surface area (Å²) in [5.74, 6) is -0.573. The molecule has 0 aliphatic rings. The maximum absolute atomic E-state index is 12.1. The second kappa shape index (κ2) is 9.05. The molecule has 0 saturated heterocycles. The summed E-state index contributed by atoms with van der Waals surface area (Å²) in [6.07, 6.45) is 0.497. The van der Waals surface area contributed by atoms with Crippen LogP contribution in [0.15, 0.2) is 24.3 Å². The summed E-state index contributed by atoms with van der Waals surface area (Å²) in [4.78, 5) is 34.7. The Labute approximate surface area is 142 Å². The van der Waals surface area contributed by atoms with E-state index in [0.29, 0.717) is 24.3 Å². The number of ketones is 1. The topological polar surface area (TPSA) is 92.7 Å². The molecule has 132 valence electrons. The second-order valence-corrected chi connectivity index (χ2v) is 6.21. The largest absolute Gasteiger partial charge is 0.494 e. The average molecular weight is 335 g/mol. The molecule has 0 radical (unpaired) electrons. The van der Waals surface area contributed by atoms with Crippen LogP contribution in [0.5, 0.6) is 5.75 Å². The minimum Gasteiger partial charge on any atom is -0.494 e. The van der Waals surface area contributed by atoms with Gasteiger partial charge in [0.15, 0.2) is 5.78 Å². The number of carboxylic acids is 1. The fourth-order valence-electron chi connectivity index (χ4n) is 2.20. The Hall–Kier alpha value is -2.37. The van der Waals surface area contributed by atoms with E-state index >= 15 is 0 Å². The molecule has 1 rings (SSSR count). The molecule has 0 atom stereocenters. The summed E-state index contributed by atoms with van der Waals surface area (Å²) >= 11 is 0. The van der Waals surface area contributed by atoms with Crippen molar-refractivity contribution in [1.82, 2.24) is 5.32 Å². The maximum Gasteiger partial charge on any atom is 0.303 e. The predicted molar refractivity (Wildman–Crippen MR) is 90.3 cm³/mol. The average Bonchev–Trinajstić information content (AvgIpc) is 2.51. The van der Waals surface area contributed by atoms with Gasteiger partial charge in [0.1, 0.15) is 5.75 Å². The third-order valence-corrected chi connectivity index (χ3v) is 3.51. The molecule has 1 aromatic carbocycles. The predicted octanol–water partition coefficient (Wildman–Crippen LogP) is 2.81. The molecule has 6 heteroatoms. The smallest absolute Gasteiger partial charge is 0.303 e. The standard InChI is InChI=1S/C18H25NO5/c1-4-24-14-7-5-13(6-8-14)15(20)9-10-16(21)19-18(2,3)12-11-17(22)23/h5-8H,4,9-12H2,1-3H3,(H,19,21)(H,22,23). The second-order valence-electron chi connectivity index (χ2n) is 6.21. The van der Waals surface area contributed by atoms with Gasteiger partial charge in [-0.1, -0.05) is 0 Å². The number of nitrogens with one attached hydrogen (secondary N) is 1. The van der Waals surface area contributed by atoms with Gasteiger partial charge < -0.3 is 15.2 Å². The van der Waals surface area contributed by atoms with E-state index in [1.54, 1.807) is 38.1 Å². The molecule has 0 unspecified atom stereocenters. The van der Waals surface area contributed by atoms with Crippen LogP contribution in [0.1, 0.15) is 56.8 Å². The number of ether oxygens (including phenoxy) is 1. The van der Waals surface area contributed by atoms with E-state index in [2.05, 4.69) is 5.32 Å². The lowest BCUT2D eigenvalue weighted by molar-refractivity contribution is -0.137. The van der Waals surface area contributed by atoms with Gasteiger partial charge in [-0.25, -0.2) is 0 Å².